The molecule has 0 saturated heterocycles. The number of carboxylic acid groups (broad SMARTS) is 1. The van der Waals surface area contributed by atoms with Gasteiger partial charge in [0.1, 0.15) is 12.2 Å². The van der Waals surface area contributed by atoms with Gasteiger partial charge in [-0.05, 0) is 19.1 Å². The number of aliphatic carboxylic acids is 1. The fourth-order valence-corrected chi connectivity index (χ4v) is 1.49. The summed E-state index contributed by atoms with van der Waals surface area (Å²) in [6.07, 6.45) is 1.56. The van der Waals surface area contributed by atoms with E-state index in [-0.39, 0.29) is 18.5 Å². The van der Waals surface area contributed by atoms with Crippen LogP contribution in [0.1, 0.15) is 17.4 Å². The molecule has 0 radical (unpaired) electrons. The minimum atomic E-state index is -0.986. The Morgan fingerprint density at radius 2 is 2.29 bits per heavy atom. The number of amides is 1. The van der Waals surface area contributed by atoms with Gasteiger partial charge in [0.05, 0.1) is 6.61 Å². The van der Waals surface area contributed by atoms with Crippen molar-refractivity contribution in [1.82, 2.24) is 9.88 Å². The van der Waals surface area contributed by atoms with Crippen molar-refractivity contribution >= 4 is 11.9 Å². The molecule has 6 heteroatoms. The highest BCUT2D eigenvalue weighted by atomic mass is 16.5. The summed E-state index contributed by atoms with van der Waals surface area (Å²) in [6.45, 7) is 1.99. The third kappa shape index (κ3) is 3.92. The van der Waals surface area contributed by atoms with Crippen molar-refractivity contribution in [2.75, 3.05) is 13.7 Å². The number of carbonyl (C=O) groups is 2. The molecule has 1 rings (SSSR count). The lowest BCUT2D eigenvalue weighted by Crippen LogP contribution is -2.36. The molecule has 0 aliphatic carbocycles. The fourth-order valence-electron chi connectivity index (χ4n) is 1.49. The Kier molecular flexibility index (Phi) is 4.71. The molecule has 1 aromatic heterocycles. The van der Waals surface area contributed by atoms with Crippen LogP contribution < -0.4 is 5.32 Å². The molecule has 1 atom stereocenters. The van der Waals surface area contributed by atoms with Crippen molar-refractivity contribution in [3.05, 3.63) is 24.0 Å². The number of carbonyl (C=O) groups excluding carboxylic acids is 1. The third-order valence-electron chi connectivity index (χ3n) is 2.16. The number of ether oxygens (including phenoxy) is 1. The molecule has 1 unspecified atom stereocenters. The van der Waals surface area contributed by atoms with Crippen LogP contribution in [0, 0.1) is 0 Å². The smallest absolute Gasteiger partial charge is 0.323 e. The SMILES string of the molecule is COCC(C)NC(=O)c1cccn1CC(=O)O. The van der Waals surface area contributed by atoms with Gasteiger partial charge in [0.15, 0.2) is 0 Å². The largest absolute Gasteiger partial charge is 0.480 e. The molecule has 0 aliphatic heterocycles. The highest BCUT2D eigenvalue weighted by Gasteiger charge is 2.14. The van der Waals surface area contributed by atoms with E-state index in [0.29, 0.717) is 12.3 Å². The first kappa shape index (κ1) is 13.2. The number of nitrogens with zero attached hydrogens (tertiary/aromatic N) is 1. The monoisotopic (exact) mass is 240 g/mol. The summed E-state index contributed by atoms with van der Waals surface area (Å²) in [5.74, 6) is -1.29. The summed E-state index contributed by atoms with van der Waals surface area (Å²) in [5, 5.41) is 11.4. The molecule has 0 spiro atoms. The number of aromatic nitrogens is 1. The van der Waals surface area contributed by atoms with E-state index in [1.165, 1.54) is 4.57 Å². The Balaban J connectivity index is 2.68. The minimum Gasteiger partial charge on any atom is -0.480 e. The Bertz CT molecular complexity index is 400. The fraction of sp³-hybridized carbons (Fsp3) is 0.455. The van der Waals surface area contributed by atoms with Gasteiger partial charge in [-0.25, -0.2) is 0 Å². The van der Waals surface area contributed by atoms with E-state index < -0.39 is 5.97 Å². The van der Waals surface area contributed by atoms with Crippen molar-refractivity contribution in [1.29, 1.82) is 0 Å². The number of carboxylic acids is 1. The molecule has 0 aromatic carbocycles. The zero-order valence-corrected chi connectivity index (χ0v) is 9.84. The van der Waals surface area contributed by atoms with Crippen LogP contribution in [0.4, 0.5) is 0 Å². The van der Waals surface area contributed by atoms with Crippen LogP contribution in [0.15, 0.2) is 18.3 Å². The standard InChI is InChI=1S/C11H16N2O4/c1-8(7-17-2)12-11(16)9-4-3-5-13(9)6-10(14)15/h3-5,8H,6-7H2,1-2H3,(H,12,16)(H,14,15). The first-order chi connectivity index (χ1) is 8.04. The molecule has 2 N–H and O–H groups in total. The highest BCUT2D eigenvalue weighted by molar-refractivity contribution is 5.93. The molecule has 0 fully saturated rings. The van der Waals surface area contributed by atoms with E-state index in [0.717, 1.165) is 0 Å². The van der Waals surface area contributed by atoms with Gasteiger partial charge >= 0.3 is 5.97 Å². The summed E-state index contributed by atoms with van der Waals surface area (Å²) in [5.41, 5.74) is 0.329. The average Bonchev–Trinajstić information content (AvgIpc) is 2.65. The van der Waals surface area contributed by atoms with E-state index in [9.17, 15) is 9.59 Å². The predicted octanol–water partition coefficient (Wildman–Crippen LogP) is 0.337. The van der Waals surface area contributed by atoms with Gasteiger partial charge in [0.25, 0.3) is 5.91 Å². The molecule has 1 aromatic rings. The summed E-state index contributed by atoms with van der Waals surface area (Å²) >= 11 is 0. The second-order valence-electron chi connectivity index (χ2n) is 3.74. The van der Waals surface area contributed by atoms with E-state index in [2.05, 4.69) is 5.32 Å². The van der Waals surface area contributed by atoms with E-state index >= 15 is 0 Å². The molecular formula is C11H16N2O4. The second kappa shape index (κ2) is 6.05. The second-order valence-corrected chi connectivity index (χ2v) is 3.74. The third-order valence-corrected chi connectivity index (χ3v) is 2.16. The maximum atomic E-state index is 11.8. The maximum absolute atomic E-state index is 11.8. The topological polar surface area (TPSA) is 80.6 Å². The van der Waals surface area contributed by atoms with Crippen LogP contribution in [-0.2, 0) is 16.1 Å². The van der Waals surface area contributed by atoms with Gasteiger partial charge in [0.2, 0.25) is 0 Å². The first-order valence-corrected chi connectivity index (χ1v) is 5.21. The molecule has 94 valence electrons. The van der Waals surface area contributed by atoms with Crippen LogP contribution in [-0.4, -0.2) is 41.3 Å². The molecule has 6 nitrogen and oxygen atoms in total. The summed E-state index contributed by atoms with van der Waals surface area (Å²) in [7, 11) is 1.55. The molecule has 1 amide bonds. The molecule has 0 saturated carbocycles. The van der Waals surface area contributed by atoms with Crippen LogP contribution in [0.5, 0.6) is 0 Å². The average molecular weight is 240 g/mol. The Morgan fingerprint density at radius 1 is 1.59 bits per heavy atom. The van der Waals surface area contributed by atoms with Crippen molar-refractivity contribution in [3.8, 4) is 0 Å². The van der Waals surface area contributed by atoms with Crippen molar-refractivity contribution in [2.24, 2.45) is 0 Å². The quantitative estimate of drug-likeness (QED) is 0.751. The van der Waals surface area contributed by atoms with Crippen molar-refractivity contribution in [2.45, 2.75) is 19.5 Å². The number of methoxy groups -OCH3 is 1. The van der Waals surface area contributed by atoms with E-state index in [1.807, 2.05) is 6.92 Å². The van der Waals surface area contributed by atoms with Gasteiger partial charge < -0.3 is 19.7 Å². The number of hydrogen-bond donors (Lipinski definition) is 2. The van der Waals surface area contributed by atoms with Gasteiger partial charge in [-0.1, -0.05) is 0 Å². The van der Waals surface area contributed by atoms with E-state index in [1.54, 1.807) is 25.4 Å². The molecule has 0 aliphatic rings. The van der Waals surface area contributed by atoms with Gasteiger partial charge in [-0.15, -0.1) is 0 Å². The van der Waals surface area contributed by atoms with Gasteiger partial charge in [-0.3, -0.25) is 9.59 Å². The lowest BCUT2D eigenvalue weighted by molar-refractivity contribution is -0.137. The minimum absolute atomic E-state index is 0.124. The first-order valence-electron chi connectivity index (χ1n) is 5.21. The maximum Gasteiger partial charge on any atom is 0.323 e. The molecule has 0 bridgehead atoms. The van der Waals surface area contributed by atoms with Crippen molar-refractivity contribution in [3.63, 3.8) is 0 Å². The Hall–Kier alpha value is -1.82. The summed E-state index contributed by atoms with van der Waals surface area (Å²) < 4.78 is 6.29. The normalized spacial score (nSPS) is 12.1. The zero-order valence-electron chi connectivity index (χ0n) is 9.84. The van der Waals surface area contributed by atoms with Crippen LogP contribution in [0.2, 0.25) is 0 Å². The molecule has 1 heterocycles. The van der Waals surface area contributed by atoms with Gasteiger partial charge in [-0.2, -0.15) is 0 Å². The molecule has 17 heavy (non-hydrogen) atoms. The van der Waals surface area contributed by atoms with E-state index in [4.69, 9.17) is 9.84 Å². The summed E-state index contributed by atoms with van der Waals surface area (Å²) in [4.78, 5) is 22.4. The number of hydrogen-bond acceptors (Lipinski definition) is 3. The van der Waals surface area contributed by atoms with Crippen LogP contribution in [0.3, 0.4) is 0 Å². The van der Waals surface area contributed by atoms with Crippen LogP contribution >= 0.6 is 0 Å². The Labute approximate surface area is 99.2 Å². The lowest BCUT2D eigenvalue weighted by Gasteiger charge is -2.13. The van der Waals surface area contributed by atoms with Gasteiger partial charge in [0, 0.05) is 19.3 Å². The van der Waals surface area contributed by atoms with Crippen LogP contribution in [0.25, 0.3) is 0 Å². The summed E-state index contributed by atoms with van der Waals surface area (Å²) in [6, 6.07) is 3.09. The lowest BCUT2D eigenvalue weighted by atomic mass is 10.3. The Morgan fingerprint density at radius 3 is 2.88 bits per heavy atom. The highest BCUT2D eigenvalue weighted by Crippen LogP contribution is 2.03. The number of rotatable bonds is 6. The predicted molar refractivity (Wildman–Crippen MR) is 60.9 cm³/mol. The number of nitrogens with one attached hydrogen (secondary N) is 1. The zero-order chi connectivity index (χ0) is 12.8. The molecular weight excluding hydrogens is 224 g/mol. The van der Waals surface area contributed by atoms with Crippen molar-refractivity contribution < 1.29 is 19.4 Å².